The fourth-order valence-electron chi connectivity index (χ4n) is 1.04. The summed E-state index contributed by atoms with van der Waals surface area (Å²) in [6.45, 7) is 7.50. The Bertz CT molecular complexity index is 174. The highest BCUT2D eigenvalue weighted by Crippen LogP contribution is 1.99. The number of carbonyl (C=O) groups is 1. The van der Waals surface area contributed by atoms with Gasteiger partial charge in [0.25, 0.3) is 0 Å². The molecule has 0 rings (SSSR count). The Morgan fingerprint density at radius 2 is 2.00 bits per heavy atom. The van der Waals surface area contributed by atoms with Crippen molar-refractivity contribution in [2.45, 2.75) is 33.2 Å². The second kappa shape index (κ2) is 9.04. The molecule has 2 N–H and O–H groups in total. The average molecular weight is 232 g/mol. The van der Waals surface area contributed by atoms with E-state index < -0.39 is 0 Å². The second-order valence-corrected chi connectivity index (χ2v) is 5.25. The SMILES string of the molecule is CSCCC(C)NCC(=O)NCC(C)C. The normalized spacial score (nSPS) is 12.9. The van der Waals surface area contributed by atoms with Crippen molar-refractivity contribution in [2.24, 2.45) is 5.92 Å². The molecular weight excluding hydrogens is 208 g/mol. The van der Waals surface area contributed by atoms with Gasteiger partial charge in [-0.1, -0.05) is 13.8 Å². The van der Waals surface area contributed by atoms with E-state index in [2.05, 4.69) is 37.7 Å². The number of carbonyl (C=O) groups excluding carboxylic acids is 1. The van der Waals surface area contributed by atoms with Gasteiger partial charge in [0.2, 0.25) is 5.91 Å². The third-order valence-electron chi connectivity index (χ3n) is 2.07. The van der Waals surface area contributed by atoms with Crippen molar-refractivity contribution in [3.8, 4) is 0 Å². The molecule has 0 aromatic carbocycles. The van der Waals surface area contributed by atoms with Crippen LogP contribution < -0.4 is 10.6 Å². The minimum absolute atomic E-state index is 0.0969. The molecule has 15 heavy (non-hydrogen) atoms. The standard InChI is InChI=1S/C11H24N2OS/c1-9(2)7-13-11(14)8-12-10(3)5-6-15-4/h9-10,12H,5-8H2,1-4H3,(H,13,14). The predicted molar refractivity (Wildman–Crippen MR) is 68.3 cm³/mol. The molecule has 0 saturated carbocycles. The quantitative estimate of drug-likeness (QED) is 0.666. The Balaban J connectivity index is 3.44. The van der Waals surface area contributed by atoms with Gasteiger partial charge in [-0.15, -0.1) is 0 Å². The summed E-state index contributed by atoms with van der Waals surface area (Å²) in [6, 6.07) is 0.419. The van der Waals surface area contributed by atoms with Crippen LogP contribution in [0.3, 0.4) is 0 Å². The van der Waals surface area contributed by atoms with Gasteiger partial charge in [-0.3, -0.25) is 4.79 Å². The van der Waals surface area contributed by atoms with Gasteiger partial charge in [-0.25, -0.2) is 0 Å². The summed E-state index contributed by atoms with van der Waals surface area (Å²) >= 11 is 1.84. The monoisotopic (exact) mass is 232 g/mol. The van der Waals surface area contributed by atoms with E-state index >= 15 is 0 Å². The number of rotatable bonds is 8. The molecule has 1 atom stereocenters. The Hall–Kier alpha value is -0.220. The first-order chi connectivity index (χ1) is 7.06. The van der Waals surface area contributed by atoms with Crippen LogP contribution in [-0.2, 0) is 4.79 Å². The number of thioether (sulfide) groups is 1. The molecule has 0 saturated heterocycles. The van der Waals surface area contributed by atoms with Gasteiger partial charge in [0.1, 0.15) is 0 Å². The van der Waals surface area contributed by atoms with Gasteiger partial charge in [-0.05, 0) is 31.3 Å². The van der Waals surface area contributed by atoms with Gasteiger partial charge in [0.05, 0.1) is 6.54 Å². The van der Waals surface area contributed by atoms with Gasteiger partial charge < -0.3 is 10.6 Å². The smallest absolute Gasteiger partial charge is 0.233 e. The van der Waals surface area contributed by atoms with E-state index in [1.807, 2.05) is 11.8 Å². The van der Waals surface area contributed by atoms with Crippen molar-refractivity contribution in [1.82, 2.24) is 10.6 Å². The average Bonchev–Trinajstić information content (AvgIpc) is 2.20. The summed E-state index contributed by atoms with van der Waals surface area (Å²) in [4.78, 5) is 11.3. The Kier molecular flexibility index (Phi) is 8.91. The van der Waals surface area contributed by atoms with E-state index in [0.717, 1.165) is 18.7 Å². The van der Waals surface area contributed by atoms with Crippen LogP contribution in [0.2, 0.25) is 0 Å². The first kappa shape index (κ1) is 14.8. The lowest BCUT2D eigenvalue weighted by Gasteiger charge is -2.13. The molecule has 4 heteroatoms. The fourth-order valence-corrected chi connectivity index (χ4v) is 1.63. The second-order valence-electron chi connectivity index (χ2n) is 4.26. The van der Waals surface area contributed by atoms with Crippen LogP contribution in [0.15, 0.2) is 0 Å². The van der Waals surface area contributed by atoms with E-state index in [1.165, 1.54) is 0 Å². The van der Waals surface area contributed by atoms with Crippen LogP contribution in [0.5, 0.6) is 0 Å². The Labute approximate surface area is 97.8 Å². The largest absolute Gasteiger partial charge is 0.355 e. The molecule has 0 heterocycles. The lowest BCUT2D eigenvalue weighted by atomic mass is 10.2. The minimum Gasteiger partial charge on any atom is -0.355 e. The zero-order valence-corrected chi connectivity index (χ0v) is 11.1. The first-order valence-corrected chi connectivity index (χ1v) is 6.94. The molecule has 0 radical (unpaired) electrons. The molecule has 0 aromatic rings. The van der Waals surface area contributed by atoms with Gasteiger partial charge in [0, 0.05) is 12.6 Å². The zero-order valence-electron chi connectivity index (χ0n) is 10.3. The molecule has 0 aliphatic carbocycles. The molecule has 0 aromatic heterocycles. The number of amides is 1. The topological polar surface area (TPSA) is 41.1 Å². The van der Waals surface area contributed by atoms with Crippen molar-refractivity contribution < 1.29 is 4.79 Å². The Morgan fingerprint density at radius 1 is 1.33 bits per heavy atom. The zero-order chi connectivity index (χ0) is 11.7. The highest BCUT2D eigenvalue weighted by atomic mass is 32.2. The highest BCUT2D eigenvalue weighted by molar-refractivity contribution is 7.98. The van der Waals surface area contributed by atoms with Crippen LogP contribution >= 0.6 is 11.8 Å². The summed E-state index contributed by atoms with van der Waals surface area (Å²) in [5, 5.41) is 6.10. The van der Waals surface area contributed by atoms with Crippen molar-refractivity contribution in [3.05, 3.63) is 0 Å². The Morgan fingerprint density at radius 3 is 2.53 bits per heavy atom. The van der Waals surface area contributed by atoms with Gasteiger partial charge >= 0.3 is 0 Å². The molecule has 0 aliphatic heterocycles. The lowest BCUT2D eigenvalue weighted by molar-refractivity contribution is -0.120. The van der Waals surface area contributed by atoms with Crippen molar-refractivity contribution in [3.63, 3.8) is 0 Å². The summed E-state index contributed by atoms with van der Waals surface area (Å²) in [5.74, 6) is 1.75. The molecule has 0 fully saturated rings. The predicted octanol–water partition coefficient (Wildman–Crippen LogP) is 1.49. The summed E-state index contributed by atoms with van der Waals surface area (Å²) in [6.07, 6.45) is 3.21. The first-order valence-electron chi connectivity index (χ1n) is 5.55. The van der Waals surface area contributed by atoms with Crippen molar-refractivity contribution in [2.75, 3.05) is 25.1 Å². The van der Waals surface area contributed by atoms with E-state index in [9.17, 15) is 4.79 Å². The summed E-state index contributed by atoms with van der Waals surface area (Å²) in [5.41, 5.74) is 0. The van der Waals surface area contributed by atoms with Crippen LogP contribution in [0.25, 0.3) is 0 Å². The van der Waals surface area contributed by atoms with Gasteiger partial charge in [0.15, 0.2) is 0 Å². The summed E-state index contributed by atoms with van der Waals surface area (Å²) < 4.78 is 0. The maximum Gasteiger partial charge on any atom is 0.233 e. The maximum absolute atomic E-state index is 11.3. The van der Waals surface area contributed by atoms with Crippen LogP contribution in [-0.4, -0.2) is 37.0 Å². The minimum atomic E-state index is 0.0969. The number of hydrogen-bond donors (Lipinski definition) is 2. The molecule has 0 spiro atoms. The third-order valence-corrected chi connectivity index (χ3v) is 2.72. The van der Waals surface area contributed by atoms with Crippen molar-refractivity contribution in [1.29, 1.82) is 0 Å². The third kappa shape index (κ3) is 10.1. The molecule has 0 aliphatic rings. The van der Waals surface area contributed by atoms with Gasteiger partial charge in [-0.2, -0.15) is 11.8 Å². The van der Waals surface area contributed by atoms with Crippen LogP contribution in [0.1, 0.15) is 27.2 Å². The highest BCUT2D eigenvalue weighted by Gasteiger charge is 2.05. The molecule has 1 amide bonds. The van der Waals surface area contributed by atoms with E-state index in [4.69, 9.17) is 0 Å². The summed E-state index contributed by atoms with van der Waals surface area (Å²) in [7, 11) is 0. The van der Waals surface area contributed by atoms with E-state index in [0.29, 0.717) is 18.5 Å². The molecule has 90 valence electrons. The van der Waals surface area contributed by atoms with E-state index in [-0.39, 0.29) is 5.91 Å². The molecule has 1 unspecified atom stereocenters. The molecular formula is C11H24N2OS. The van der Waals surface area contributed by atoms with E-state index in [1.54, 1.807) is 0 Å². The molecule has 0 bridgehead atoms. The van der Waals surface area contributed by atoms with Crippen LogP contribution in [0.4, 0.5) is 0 Å². The maximum atomic E-state index is 11.3. The number of nitrogens with one attached hydrogen (secondary N) is 2. The lowest BCUT2D eigenvalue weighted by Crippen LogP contribution is -2.39. The van der Waals surface area contributed by atoms with Crippen molar-refractivity contribution >= 4 is 17.7 Å². The number of hydrogen-bond acceptors (Lipinski definition) is 3. The molecule has 3 nitrogen and oxygen atoms in total. The fraction of sp³-hybridized carbons (Fsp3) is 0.909. The van der Waals surface area contributed by atoms with Crippen LogP contribution in [0, 0.1) is 5.92 Å².